The van der Waals surface area contributed by atoms with E-state index in [0.29, 0.717) is 36.8 Å². The molecule has 1 aliphatic rings. The first-order valence-corrected chi connectivity index (χ1v) is 12.3. The summed E-state index contributed by atoms with van der Waals surface area (Å²) in [4.78, 5) is 33.5. The minimum Gasteiger partial charge on any atom is -0.343 e. The van der Waals surface area contributed by atoms with Gasteiger partial charge in [0.1, 0.15) is 5.54 Å². The van der Waals surface area contributed by atoms with Crippen molar-refractivity contribution in [3.05, 3.63) is 47.1 Å². The smallest absolute Gasteiger partial charge is 0.227 e. The molecule has 35 heavy (non-hydrogen) atoms. The number of amides is 2. The predicted octanol–water partition coefficient (Wildman–Crippen LogP) is 3.15. The van der Waals surface area contributed by atoms with Gasteiger partial charge in [0, 0.05) is 39.4 Å². The molecule has 0 bridgehead atoms. The first kappa shape index (κ1) is 26.4. The van der Waals surface area contributed by atoms with Crippen molar-refractivity contribution in [1.82, 2.24) is 25.3 Å². The van der Waals surface area contributed by atoms with Crippen LogP contribution in [0.5, 0.6) is 0 Å². The maximum atomic E-state index is 13.1. The van der Waals surface area contributed by atoms with Crippen LogP contribution in [0.4, 0.5) is 0 Å². The number of hydrogen-bond acceptors (Lipinski definition) is 7. The number of aryl methyl sites for hydroxylation is 1. The zero-order valence-corrected chi connectivity index (χ0v) is 21.0. The van der Waals surface area contributed by atoms with Gasteiger partial charge in [0.15, 0.2) is 5.82 Å². The molecule has 1 aromatic heterocycles. The van der Waals surface area contributed by atoms with Crippen LogP contribution in [-0.2, 0) is 28.1 Å². The normalized spacial score (nSPS) is 15.3. The Kier molecular flexibility index (Phi) is 9.38. The number of likely N-dealkylation sites (N-methyl/N-ethyl adjacent to an activating group) is 1. The molecule has 0 radical (unpaired) electrons. The van der Waals surface area contributed by atoms with Gasteiger partial charge in [-0.1, -0.05) is 43.0 Å². The summed E-state index contributed by atoms with van der Waals surface area (Å²) in [6, 6.07) is 9.41. The van der Waals surface area contributed by atoms with Gasteiger partial charge >= 0.3 is 0 Å². The lowest BCUT2D eigenvalue weighted by molar-refractivity contribution is -0.132. The summed E-state index contributed by atoms with van der Waals surface area (Å²) in [6.45, 7) is 3.32. The van der Waals surface area contributed by atoms with E-state index in [1.165, 1.54) is 6.92 Å². The molecule has 1 aliphatic carbocycles. The Morgan fingerprint density at radius 2 is 1.80 bits per heavy atom. The second kappa shape index (κ2) is 12.5. The molecule has 1 saturated carbocycles. The lowest BCUT2D eigenvalue weighted by Gasteiger charge is -2.30. The SMILES string of the molecule is CC(=O)NC1(c2noc(CCC(=O)N(CCN(C)C)Cc3ccc(C#N)cc3)n2)CCCCCC1. The first-order chi connectivity index (χ1) is 16.8. The lowest BCUT2D eigenvalue weighted by Crippen LogP contribution is -2.45. The van der Waals surface area contributed by atoms with Crippen molar-refractivity contribution in [2.24, 2.45) is 0 Å². The Bertz CT molecular complexity index is 1020. The maximum Gasteiger partial charge on any atom is 0.227 e. The van der Waals surface area contributed by atoms with Crippen LogP contribution in [0.15, 0.2) is 28.8 Å². The van der Waals surface area contributed by atoms with Crippen molar-refractivity contribution >= 4 is 11.8 Å². The average Bonchev–Trinajstić information content (AvgIpc) is 3.20. The molecule has 0 saturated heterocycles. The van der Waals surface area contributed by atoms with Crippen LogP contribution in [-0.4, -0.2) is 58.9 Å². The molecule has 1 aromatic carbocycles. The number of carbonyl (C=O) groups excluding carboxylic acids is 2. The fraction of sp³-hybridized carbons (Fsp3) is 0.577. The zero-order valence-electron chi connectivity index (χ0n) is 21.0. The molecule has 1 heterocycles. The van der Waals surface area contributed by atoms with Gasteiger partial charge in [0.05, 0.1) is 11.6 Å². The number of nitrogens with one attached hydrogen (secondary N) is 1. The van der Waals surface area contributed by atoms with Gasteiger partial charge in [-0.25, -0.2) is 0 Å². The molecule has 1 fully saturated rings. The fourth-order valence-corrected chi connectivity index (χ4v) is 4.51. The van der Waals surface area contributed by atoms with E-state index in [-0.39, 0.29) is 18.2 Å². The van der Waals surface area contributed by atoms with Crippen LogP contribution in [0.2, 0.25) is 0 Å². The van der Waals surface area contributed by atoms with Crippen LogP contribution < -0.4 is 5.32 Å². The third-order valence-electron chi connectivity index (χ3n) is 6.45. The van der Waals surface area contributed by atoms with E-state index in [4.69, 9.17) is 9.78 Å². The third kappa shape index (κ3) is 7.62. The number of benzene rings is 1. The highest BCUT2D eigenvalue weighted by atomic mass is 16.5. The molecule has 0 spiro atoms. The van der Waals surface area contributed by atoms with Gasteiger partial charge in [-0.15, -0.1) is 0 Å². The van der Waals surface area contributed by atoms with E-state index in [9.17, 15) is 9.59 Å². The molecule has 9 nitrogen and oxygen atoms in total. The Labute approximate surface area is 207 Å². The summed E-state index contributed by atoms with van der Waals surface area (Å²) < 4.78 is 5.52. The Balaban J connectivity index is 1.67. The molecule has 0 unspecified atom stereocenters. The van der Waals surface area contributed by atoms with Crippen molar-refractivity contribution in [1.29, 1.82) is 5.26 Å². The van der Waals surface area contributed by atoms with Gasteiger partial charge < -0.3 is 19.6 Å². The Morgan fingerprint density at radius 1 is 1.11 bits per heavy atom. The summed E-state index contributed by atoms with van der Waals surface area (Å²) in [5.74, 6) is 0.821. The minimum absolute atomic E-state index is 0.00185. The second-order valence-electron chi connectivity index (χ2n) is 9.62. The van der Waals surface area contributed by atoms with Gasteiger partial charge in [-0.05, 0) is 44.6 Å². The van der Waals surface area contributed by atoms with Gasteiger partial charge in [-0.2, -0.15) is 10.2 Å². The minimum atomic E-state index is -0.596. The van der Waals surface area contributed by atoms with Crippen LogP contribution in [0, 0.1) is 11.3 Å². The number of aromatic nitrogens is 2. The van der Waals surface area contributed by atoms with Crippen LogP contribution in [0.25, 0.3) is 0 Å². The van der Waals surface area contributed by atoms with E-state index >= 15 is 0 Å². The van der Waals surface area contributed by atoms with Gasteiger partial charge in [0.25, 0.3) is 0 Å². The Morgan fingerprint density at radius 3 is 2.40 bits per heavy atom. The van der Waals surface area contributed by atoms with E-state index < -0.39 is 5.54 Å². The highest BCUT2D eigenvalue weighted by Crippen LogP contribution is 2.34. The topological polar surface area (TPSA) is 115 Å². The van der Waals surface area contributed by atoms with Crippen LogP contribution >= 0.6 is 0 Å². The summed E-state index contributed by atoms with van der Waals surface area (Å²) in [6.07, 6.45) is 6.41. The predicted molar refractivity (Wildman–Crippen MR) is 131 cm³/mol. The summed E-state index contributed by atoms with van der Waals surface area (Å²) >= 11 is 0. The van der Waals surface area contributed by atoms with Crippen molar-refractivity contribution in [3.63, 3.8) is 0 Å². The fourth-order valence-electron chi connectivity index (χ4n) is 4.51. The number of rotatable bonds is 10. The van der Waals surface area contributed by atoms with Gasteiger partial charge in [0.2, 0.25) is 17.7 Å². The summed E-state index contributed by atoms with van der Waals surface area (Å²) in [5.41, 5.74) is 0.973. The van der Waals surface area contributed by atoms with E-state index in [1.54, 1.807) is 12.1 Å². The van der Waals surface area contributed by atoms with Gasteiger partial charge in [-0.3, -0.25) is 9.59 Å². The standard InChI is InChI=1S/C26H36N6O3/c1-20(33)29-26(14-6-4-5-7-15-26)25-28-23(35-30-25)12-13-24(34)32(17-16-31(2)3)19-22-10-8-21(18-27)9-11-22/h8-11H,4-7,12-17,19H2,1-3H3,(H,29,33). The molecule has 188 valence electrons. The quantitative estimate of drug-likeness (QED) is 0.519. The molecule has 0 aliphatic heterocycles. The van der Waals surface area contributed by atoms with Crippen LogP contribution in [0.3, 0.4) is 0 Å². The Hall–Kier alpha value is -3.25. The molecule has 2 amide bonds. The molecule has 3 rings (SSSR count). The van der Waals surface area contributed by atoms with E-state index in [0.717, 1.165) is 50.6 Å². The highest BCUT2D eigenvalue weighted by molar-refractivity contribution is 5.76. The largest absolute Gasteiger partial charge is 0.343 e. The molecular formula is C26H36N6O3. The molecule has 1 N–H and O–H groups in total. The summed E-state index contributed by atoms with van der Waals surface area (Å²) in [5, 5.41) is 16.3. The van der Waals surface area contributed by atoms with Crippen molar-refractivity contribution in [2.75, 3.05) is 27.2 Å². The van der Waals surface area contributed by atoms with E-state index in [2.05, 4.69) is 21.5 Å². The monoisotopic (exact) mass is 480 g/mol. The summed E-state index contributed by atoms with van der Waals surface area (Å²) in [7, 11) is 3.95. The molecule has 0 atom stereocenters. The van der Waals surface area contributed by atoms with Crippen molar-refractivity contribution in [3.8, 4) is 6.07 Å². The number of nitrogens with zero attached hydrogens (tertiary/aromatic N) is 5. The molecular weight excluding hydrogens is 444 g/mol. The highest BCUT2D eigenvalue weighted by Gasteiger charge is 2.38. The average molecular weight is 481 g/mol. The second-order valence-corrected chi connectivity index (χ2v) is 9.62. The zero-order chi connectivity index (χ0) is 25.3. The van der Waals surface area contributed by atoms with Crippen molar-refractivity contribution in [2.45, 2.75) is 70.4 Å². The van der Waals surface area contributed by atoms with Crippen molar-refractivity contribution < 1.29 is 14.1 Å². The number of hydrogen-bond donors (Lipinski definition) is 1. The lowest BCUT2D eigenvalue weighted by atomic mass is 9.89. The maximum absolute atomic E-state index is 13.1. The number of carbonyl (C=O) groups is 2. The number of nitriles is 1. The van der Waals surface area contributed by atoms with E-state index in [1.807, 2.05) is 36.0 Å². The molecule has 2 aromatic rings. The molecule has 9 heteroatoms. The third-order valence-corrected chi connectivity index (χ3v) is 6.45. The first-order valence-electron chi connectivity index (χ1n) is 12.3. The van der Waals surface area contributed by atoms with Crippen LogP contribution in [0.1, 0.15) is 74.7 Å².